The fraction of sp³-hybridized carbons (Fsp3) is 0.292. The number of hydrogen-bond acceptors (Lipinski definition) is 4. The van der Waals surface area contributed by atoms with E-state index in [4.69, 9.17) is 0 Å². The molecule has 3 aliphatic rings. The molecule has 29 heavy (non-hydrogen) atoms. The minimum Gasteiger partial charge on any atom is -0.359 e. The van der Waals surface area contributed by atoms with Gasteiger partial charge in [0.15, 0.2) is 5.78 Å². The van der Waals surface area contributed by atoms with Crippen molar-refractivity contribution in [3.8, 4) is 0 Å². The van der Waals surface area contributed by atoms with Gasteiger partial charge in [-0.1, -0.05) is 30.3 Å². The van der Waals surface area contributed by atoms with Gasteiger partial charge in [-0.15, -0.1) is 0 Å². The number of carbonyl (C=O) groups excluding carboxylic acids is 3. The van der Waals surface area contributed by atoms with Crippen LogP contribution in [0.15, 0.2) is 48.7 Å². The lowest BCUT2D eigenvalue weighted by Gasteiger charge is -2.35. The summed E-state index contributed by atoms with van der Waals surface area (Å²) >= 11 is 0. The Morgan fingerprint density at radius 3 is 2.28 bits per heavy atom. The number of fused-ring (bicyclic) bond motifs is 5. The maximum Gasteiger partial charge on any atom is 0.240 e. The predicted octanol–water partition coefficient (Wildman–Crippen LogP) is 3.41. The third kappa shape index (κ3) is 2.43. The molecular weight excluding hydrogens is 364 g/mol. The number of Topliss-reactive ketones (excluding diaryl/α,β-unsaturated/α-hetero) is 1. The Morgan fingerprint density at radius 2 is 1.59 bits per heavy atom. The molecule has 2 aromatic carbocycles. The smallest absolute Gasteiger partial charge is 0.240 e. The SMILES string of the molecule is CC(=O)[C@@H]1[C@@H]2C(=O)N(c3cc(C)cc(C)c3)C(=O)[C@H]2[C@@H]2c3ccccc3C=CN12. The second-order valence-electron chi connectivity index (χ2n) is 8.30. The molecule has 4 atom stereocenters. The van der Waals surface area contributed by atoms with Crippen LogP contribution in [0.4, 0.5) is 5.69 Å². The summed E-state index contributed by atoms with van der Waals surface area (Å²) in [5, 5.41) is 0. The van der Waals surface area contributed by atoms with Crippen molar-refractivity contribution in [1.82, 2.24) is 4.90 Å². The zero-order valence-corrected chi connectivity index (χ0v) is 16.6. The van der Waals surface area contributed by atoms with Gasteiger partial charge in [0.05, 0.1) is 29.6 Å². The number of carbonyl (C=O) groups is 3. The highest BCUT2D eigenvalue weighted by Crippen LogP contribution is 2.53. The van der Waals surface area contributed by atoms with Gasteiger partial charge in [-0.05, 0) is 61.2 Å². The molecule has 2 aromatic rings. The molecule has 0 aliphatic carbocycles. The Hall–Kier alpha value is -3.21. The summed E-state index contributed by atoms with van der Waals surface area (Å²) in [6.45, 7) is 5.41. The average molecular weight is 386 g/mol. The molecule has 0 spiro atoms. The Labute approximate surface area is 169 Å². The molecule has 5 rings (SSSR count). The lowest BCUT2D eigenvalue weighted by molar-refractivity contribution is -0.129. The Morgan fingerprint density at radius 1 is 0.931 bits per heavy atom. The topological polar surface area (TPSA) is 57.7 Å². The van der Waals surface area contributed by atoms with Crippen LogP contribution in [0.5, 0.6) is 0 Å². The van der Waals surface area contributed by atoms with Crippen LogP contribution in [0.3, 0.4) is 0 Å². The van der Waals surface area contributed by atoms with Crippen molar-refractivity contribution in [2.75, 3.05) is 4.90 Å². The zero-order chi connectivity index (χ0) is 20.4. The highest BCUT2D eigenvalue weighted by molar-refractivity contribution is 6.24. The lowest BCUT2D eigenvalue weighted by Crippen LogP contribution is -2.43. The van der Waals surface area contributed by atoms with Crippen LogP contribution < -0.4 is 4.90 Å². The average Bonchev–Trinajstić information content (AvgIpc) is 3.14. The van der Waals surface area contributed by atoms with E-state index < -0.39 is 17.9 Å². The number of benzene rings is 2. The lowest BCUT2D eigenvalue weighted by atomic mass is 9.84. The zero-order valence-electron chi connectivity index (χ0n) is 16.6. The minimum absolute atomic E-state index is 0.0880. The normalized spacial score (nSPS) is 27.1. The molecule has 2 fully saturated rings. The van der Waals surface area contributed by atoms with E-state index in [1.54, 1.807) is 0 Å². The molecule has 0 bridgehead atoms. The van der Waals surface area contributed by atoms with E-state index >= 15 is 0 Å². The molecule has 3 aliphatic heterocycles. The summed E-state index contributed by atoms with van der Waals surface area (Å²) in [5.74, 6) is -1.81. The third-order valence-corrected chi connectivity index (χ3v) is 6.34. The first-order chi connectivity index (χ1) is 13.9. The van der Waals surface area contributed by atoms with Crippen LogP contribution in [0.25, 0.3) is 6.08 Å². The van der Waals surface area contributed by atoms with Gasteiger partial charge in [-0.3, -0.25) is 14.4 Å². The number of ketones is 1. The van der Waals surface area contributed by atoms with Crippen LogP contribution in [-0.2, 0) is 14.4 Å². The van der Waals surface area contributed by atoms with E-state index in [0.29, 0.717) is 5.69 Å². The van der Waals surface area contributed by atoms with Crippen molar-refractivity contribution in [1.29, 1.82) is 0 Å². The number of nitrogens with zero attached hydrogens (tertiary/aromatic N) is 2. The molecule has 146 valence electrons. The molecule has 0 aromatic heterocycles. The Kier molecular flexibility index (Phi) is 3.78. The van der Waals surface area contributed by atoms with Crippen LogP contribution in [0.2, 0.25) is 0 Å². The molecule has 0 unspecified atom stereocenters. The van der Waals surface area contributed by atoms with E-state index in [1.165, 1.54) is 11.8 Å². The molecule has 0 saturated carbocycles. The van der Waals surface area contributed by atoms with Gasteiger partial charge >= 0.3 is 0 Å². The number of anilines is 1. The first-order valence-corrected chi connectivity index (χ1v) is 9.89. The van der Waals surface area contributed by atoms with Crippen molar-refractivity contribution in [3.05, 3.63) is 70.9 Å². The predicted molar refractivity (Wildman–Crippen MR) is 110 cm³/mol. The molecule has 5 heteroatoms. The minimum atomic E-state index is -0.665. The highest BCUT2D eigenvalue weighted by atomic mass is 16.2. The molecule has 5 nitrogen and oxygen atoms in total. The van der Waals surface area contributed by atoms with Crippen molar-refractivity contribution < 1.29 is 14.4 Å². The second-order valence-corrected chi connectivity index (χ2v) is 8.30. The largest absolute Gasteiger partial charge is 0.359 e. The van der Waals surface area contributed by atoms with Crippen LogP contribution in [0, 0.1) is 25.7 Å². The summed E-state index contributed by atoms with van der Waals surface area (Å²) in [5.41, 5.74) is 4.61. The number of amides is 2. The third-order valence-electron chi connectivity index (χ3n) is 6.34. The van der Waals surface area contributed by atoms with Gasteiger partial charge in [0.25, 0.3) is 0 Å². The van der Waals surface area contributed by atoms with Gasteiger partial charge in [-0.25, -0.2) is 4.90 Å². The van der Waals surface area contributed by atoms with Gasteiger partial charge in [0, 0.05) is 6.20 Å². The molecule has 0 N–H and O–H groups in total. The number of hydrogen-bond donors (Lipinski definition) is 0. The van der Waals surface area contributed by atoms with Gasteiger partial charge < -0.3 is 4.90 Å². The quantitative estimate of drug-likeness (QED) is 0.743. The molecular formula is C24H22N2O3. The summed E-state index contributed by atoms with van der Waals surface area (Å²) in [7, 11) is 0. The second kappa shape index (κ2) is 6.14. The first kappa shape index (κ1) is 17.9. The first-order valence-electron chi connectivity index (χ1n) is 9.89. The Bertz CT molecular complexity index is 1080. The van der Waals surface area contributed by atoms with Gasteiger partial charge in [0.1, 0.15) is 0 Å². The van der Waals surface area contributed by atoms with E-state index in [0.717, 1.165) is 22.3 Å². The van der Waals surface area contributed by atoms with Crippen molar-refractivity contribution >= 4 is 29.4 Å². The van der Waals surface area contributed by atoms with Crippen molar-refractivity contribution in [3.63, 3.8) is 0 Å². The van der Waals surface area contributed by atoms with Crippen molar-refractivity contribution in [2.24, 2.45) is 11.8 Å². The number of rotatable bonds is 2. The van der Waals surface area contributed by atoms with Crippen LogP contribution in [0.1, 0.15) is 35.2 Å². The summed E-state index contributed by atoms with van der Waals surface area (Å²) in [6.07, 6.45) is 3.83. The summed E-state index contributed by atoms with van der Waals surface area (Å²) in [4.78, 5) is 42.9. The monoisotopic (exact) mass is 386 g/mol. The van der Waals surface area contributed by atoms with E-state index in [1.807, 2.05) is 73.5 Å². The maximum atomic E-state index is 13.6. The highest BCUT2D eigenvalue weighted by Gasteiger charge is 2.63. The van der Waals surface area contributed by atoms with E-state index in [9.17, 15) is 14.4 Å². The summed E-state index contributed by atoms with van der Waals surface area (Å²) < 4.78 is 0. The number of imide groups is 1. The van der Waals surface area contributed by atoms with E-state index in [2.05, 4.69) is 0 Å². The summed E-state index contributed by atoms with van der Waals surface area (Å²) in [6, 6.07) is 12.7. The maximum absolute atomic E-state index is 13.6. The van der Waals surface area contributed by atoms with E-state index in [-0.39, 0.29) is 23.6 Å². The molecule has 2 saturated heterocycles. The van der Waals surface area contributed by atoms with Gasteiger partial charge in [0.2, 0.25) is 11.8 Å². The Balaban J connectivity index is 1.66. The molecule has 3 heterocycles. The number of aryl methyl sites for hydroxylation is 2. The fourth-order valence-electron chi connectivity index (χ4n) is 5.36. The fourth-order valence-corrected chi connectivity index (χ4v) is 5.36. The molecule has 0 radical (unpaired) electrons. The van der Waals surface area contributed by atoms with Crippen molar-refractivity contribution in [2.45, 2.75) is 32.9 Å². The van der Waals surface area contributed by atoms with Gasteiger partial charge in [-0.2, -0.15) is 0 Å². The van der Waals surface area contributed by atoms with Crippen LogP contribution >= 0.6 is 0 Å². The van der Waals surface area contributed by atoms with Crippen LogP contribution in [-0.4, -0.2) is 28.5 Å². The molecule has 2 amide bonds. The standard InChI is InChI=1S/C24H22N2O3/c1-13-10-14(2)12-17(11-13)26-23(28)19-20(24(26)29)22-18-7-5-4-6-16(18)8-9-25(22)21(19)15(3)27/h4-12,19-22H,1-3H3/t19-,20-,21-,22+/m1/s1.